The van der Waals surface area contributed by atoms with Crippen molar-refractivity contribution in [3.63, 3.8) is 0 Å². The zero-order valence-electron chi connectivity index (χ0n) is 9.56. The number of benzene rings is 1. The molecule has 0 radical (unpaired) electrons. The standard InChI is InChI=1S/C11H13ClN2O4/c12-9-5-3-4-8(10(9)14(17)18)11(16)13-6-1-2-7-15/h3-5,15H,1-2,6-7H2,(H,13,16). The van der Waals surface area contributed by atoms with E-state index in [-0.39, 0.29) is 22.9 Å². The molecule has 0 saturated heterocycles. The average molecular weight is 273 g/mol. The lowest BCUT2D eigenvalue weighted by Crippen LogP contribution is -2.25. The highest BCUT2D eigenvalue weighted by molar-refractivity contribution is 6.33. The molecule has 0 aliphatic rings. The predicted octanol–water partition coefficient (Wildman–Crippen LogP) is 1.75. The molecule has 0 saturated carbocycles. The molecule has 0 fully saturated rings. The third-order valence-electron chi connectivity index (χ3n) is 2.28. The third kappa shape index (κ3) is 3.68. The molecule has 0 aliphatic heterocycles. The molecule has 0 bridgehead atoms. The number of carbonyl (C=O) groups excluding carboxylic acids is 1. The number of nitrogens with one attached hydrogen (secondary N) is 1. The summed E-state index contributed by atoms with van der Waals surface area (Å²) in [5.41, 5.74) is -0.449. The van der Waals surface area contributed by atoms with Gasteiger partial charge in [0.25, 0.3) is 5.91 Å². The molecule has 18 heavy (non-hydrogen) atoms. The fraction of sp³-hybridized carbons (Fsp3) is 0.364. The van der Waals surface area contributed by atoms with Gasteiger partial charge < -0.3 is 10.4 Å². The van der Waals surface area contributed by atoms with Gasteiger partial charge >= 0.3 is 5.69 Å². The molecule has 6 nitrogen and oxygen atoms in total. The minimum atomic E-state index is -0.676. The lowest BCUT2D eigenvalue weighted by molar-refractivity contribution is -0.385. The first-order chi connectivity index (χ1) is 8.57. The van der Waals surface area contributed by atoms with Gasteiger partial charge in [-0.05, 0) is 25.0 Å². The van der Waals surface area contributed by atoms with E-state index in [0.717, 1.165) is 0 Å². The number of hydrogen-bond donors (Lipinski definition) is 2. The Morgan fingerprint density at radius 2 is 2.17 bits per heavy atom. The minimum absolute atomic E-state index is 0.0488. The van der Waals surface area contributed by atoms with Gasteiger partial charge in [-0.15, -0.1) is 0 Å². The highest BCUT2D eigenvalue weighted by atomic mass is 35.5. The number of nitro benzene ring substituents is 1. The molecule has 0 atom stereocenters. The molecule has 2 N–H and O–H groups in total. The van der Waals surface area contributed by atoms with E-state index in [0.29, 0.717) is 19.4 Å². The zero-order valence-corrected chi connectivity index (χ0v) is 10.3. The molecule has 1 aromatic rings. The van der Waals surface area contributed by atoms with Crippen molar-refractivity contribution < 1.29 is 14.8 Å². The van der Waals surface area contributed by atoms with E-state index >= 15 is 0 Å². The van der Waals surface area contributed by atoms with E-state index < -0.39 is 10.8 Å². The van der Waals surface area contributed by atoms with Crippen LogP contribution in [-0.2, 0) is 0 Å². The number of halogens is 1. The Bertz CT molecular complexity index is 451. The van der Waals surface area contributed by atoms with Crippen LogP contribution >= 0.6 is 11.6 Å². The van der Waals surface area contributed by atoms with Crippen LogP contribution < -0.4 is 5.32 Å². The van der Waals surface area contributed by atoms with Gasteiger partial charge in [0, 0.05) is 13.2 Å². The Labute approximate surface area is 109 Å². The molecular formula is C11H13ClN2O4. The number of amides is 1. The topological polar surface area (TPSA) is 92.5 Å². The van der Waals surface area contributed by atoms with E-state index in [1.54, 1.807) is 0 Å². The fourth-order valence-electron chi connectivity index (χ4n) is 1.42. The summed E-state index contributed by atoms with van der Waals surface area (Å²) in [6.07, 6.45) is 1.18. The third-order valence-corrected chi connectivity index (χ3v) is 2.59. The smallest absolute Gasteiger partial charge is 0.300 e. The van der Waals surface area contributed by atoms with Gasteiger partial charge in [0.15, 0.2) is 0 Å². The van der Waals surface area contributed by atoms with Gasteiger partial charge in [-0.25, -0.2) is 0 Å². The van der Waals surface area contributed by atoms with Crippen LogP contribution in [0.15, 0.2) is 18.2 Å². The predicted molar refractivity (Wildman–Crippen MR) is 66.8 cm³/mol. The Morgan fingerprint density at radius 1 is 1.44 bits per heavy atom. The van der Waals surface area contributed by atoms with E-state index in [9.17, 15) is 14.9 Å². The number of hydrogen-bond acceptors (Lipinski definition) is 4. The molecular weight excluding hydrogens is 260 g/mol. The van der Waals surface area contributed by atoms with Gasteiger partial charge in [-0.2, -0.15) is 0 Å². The first kappa shape index (κ1) is 14.4. The number of unbranched alkanes of at least 4 members (excludes halogenated alkanes) is 1. The molecule has 1 aromatic carbocycles. The number of aliphatic hydroxyl groups is 1. The van der Waals surface area contributed by atoms with Crippen LogP contribution in [0.25, 0.3) is 0 Å². The summed E-state index contributed by atoms with van der Waals surface area (Å²) >= 11 is 5.70. The van der Waals surface area contributed by atoms with Crippen molar-refractivity contribution in [3.8, 4) is 0 Å². The van der Waals surface area contributed by atoms with Crippen molar-refractivity contribution in [2.75, 3.05) is 13.2 Å². The molecule has 7 heteroatoms. The summed E-state index contributed by atoms with van der Waals surface area (Å²) in [5.74, 6) is -0.540. The van der Waals surface area contributed by atoms with Gasteiger partial charge in [0.1, 0.15) is 10.6 Å². The van der Waals surface area contributed by atoms with E-state index in [1.165, 1.54) is 18.2 Å². The SMILES string of the molecule is O=C(NCCCCO)c1cccc(Cl)c1[N+](=O)[O-]. The van der Waals surface area contributed by atoms with Crippen LogP contribution in [0.4, 0.5) is 5.69 Å². The fourth-order valence-corrected chi connectivity index (χ4v) is 1.66. The summed E-state index contributed by atoms with van der Waals surface area (Å²) < 4.78 is 0. The van der Waals surface area contributed by atoms with Gasteiger partial charge in [0.2, 0.25) is 0 Å². The Morgan fingerprint density at radius 3 is 2.78 bits per heavy atom. The summed E-state index contributed by atoms with van der Waals surface area (Å²) in [7, 11) is 0. The molecule has 0 aliphatic carbocycles. The maximum absolute atomic E-state index is 11.7. The monoisotopic (exact) mass is 272 g/mol. The molecule has 98 valence electrons. The first-order valence-corrected chi connectivity index (χ1v) is 5.77. The second-order valence-electron chi connectivity index (χ2n) is 3.58. The molecule has 0 aromatic heterocycles. The average Bonchev–Trinajstić information content (AvgIpc) is 2.33. The van der Waals surface area contributed by atoms with Crippen molar-refractivity contribution in [1.29, 1.82) is 0 Å². The normalized spacial score (nSPS) is 10.1. The van der Waals surface area contributed by atoms with E-state index in [4.69, 9.17) is 16.7 Å². The van der Waals surface area contributed by atoms with Gasteiger partial charge in [-0.1, -0.05) is 17.7 Å². The Hall–Kier alpha value is -1.66. The van der Waals surface area contributed by atoms with E-state index in [1.807, 2.05) is 0 Å². The molecule has 1 rings (SSSR count). The van der Waals surface area contributed by atoms with Crippen LogP contribution in [0.1, 0.15) is 23.2 Å². The van der Waals surface area contributed by atoms with Crippen molar-refractivity contribution in [2.45, 2.75) is 12.8 Å². The number of para-hydroxylation sites is 1. The maximum atomic E-state index is 11.7. The summed E-state index contributed by atoms with van der Waals surface area (Å²) in [6, 6.07) is 4.20. The minimum Gasteiger partial charge on any atom is -0.396 e. The van der Waals surface area contributed by atoms with Crippen LogP contribution in [-0.4, -0.2) is 29.1 Å². The number of carbonyl (C=O) groups is 1. The van der Waals surface area contributed by atoms with Crippen molar-refractivity contribution >= 4 is 23.2 Å². The Kier molecular flexibility index (Phi) is 5.54. The molecule has 0 heterocycles. The summed E-state index contributed by atoms with van der Waals surface area (Å²) in [6.45, 7) is 0.399. The maximum Gasteiger partial charge on any atom is 0.300 e. The zero-order chi connectivity index (χ0) is 13.5. The molecule has 0 spiro atoms. The van der Waals surface area contributed by atoms with Gasteiger partial charge in [0.05, 0.1) is 4.92 Å². The highest BCUT2D eigenvalue weighted by Gasteiger charge is 2.23. The number of aliphatic hydroxyl groups excluding tert-OH is 1. The Balaban J connectivity index is 2.79. The second-order valence-corrected chi connectivity index (χ2v) is 3.99. The highest BCUT2D eigenvalue weighted by Crippen LogP contribution is 2.27. The molecule has 0 unspecified atom stereocenters. The first-order valence-electron chi connectivity index (χ1n) is 5.40. The number of nitro groups is 1. The van der Waals surface area contributed by atoms with Crippen LogP contribution in [0.5, 0.6) is 0 Å². The van der Waals surface area contributed by atoms with E-state index in [2.05, 4.69) is 5.32 Å². The van der Waals surface area contributed by atoms with Crippen LogP contribution in [0, 0.1) is 10.1 Å². The number of nitrogens with zero attached hydrogens (tertiary/aromatic N) is 1. The number of rotatable bonds is 6. The van der Waals surface area contributed by atoms with Crippen molar-refractivity contribution in [2.24, 2.45) is 0 Å². The van der Waals surface area contributed by atoms with Crippen LogP contribution in [0.2, 0.25) is 5.02 Å². The lowest BCUT2D eigenvalue weighted by atomic mass is 10.1. The van der Waals surface area contributed by atoms with Crippen molar-refractivity contribution in [1.82, 2.24) is 5.32 Å². The van der Waals surface area contributed by atoms with Gasteiger partial charge in [-0.3, -0.25) is 14.9 Å². The molecule has 1 amide bonds. The summed E-state index contributed by atoms with van der Waals surface area (Å²) in [5, 5.41) is 21.9. The summed E-state index contributed by atoms with van der Waals surface area (Å²) in [4.78, 5) is 21.9. The second kappa shape index (κ2) is 6.93. The largest absolute Gasteiger partial charge is 0.396 e. The quantitative estimate of drug-likeness (QED) is 0.469. The van der Waals surface area contributed by atoms with Crippen LogP contribution in [0.3, 0.4) is 0 Å². The lowest BCUT2D eigenvalue weighted by Gasteiger charge is -2.06. The van der Waals surface area contributed by atoms with Crippen molar-refractivity contribution in [3.05, 3.63) is 38.9 Å².